The van der Waals surface area contributed by atoms with Crippen LogP contribution in [-0.4, -0.2) is 26.0 Å². The van der Waals surface area contributed by atoms with Gasteiger partial charge in [-0.15, -0.1) is 0 Å². The third-order valence-corrected chi connectivity index (χ3v) is 3.58. The van der Waals surface area contributed by atoms with Gasteiger partial charge in [-0.3, -0.25) is 20.4 Å². The highest BCUT2D eigenvalue weighted by Crippen LogP contribution is 2.27. The number of carbonyl (C=O) groups excluding carboxylic acids is 2. The Morgan fingerprint density at radius 3 is 2.40 bits per heavy atom. The van der Waals surface area contributed by atoms with E-state index < -0.39 is 11.8 Å². The molecular formula is C18H17ClN2O4. The lowest BCUT2D eigenvalue weighted by Gasteiger charge is -2.08. The summed E-state index contributed by atoms with van der Waals surface area (Å²) in [5, 5.41) is 0.301. The molecule has 0 aliphatic rings. The molecule has 2 aromatic rings. The van der Waals surface area contributed by atoms with Gasteiger partial charge in [-0.05, 0) is 35.9 Å². The summed E-state index contributed by atoms with van der Waals surface area (Å²) in [6.07, 6.45) is 2.87. The Labute approximate surface area is 150 Å². The molecule has 0 aromatic heterocycles. The van der Waals surface area contributed by atoms with Gasteiger partial charge in [0.2, 0.25) is 0 Å². The van der Waals surface area contributed by atoms with Crippen molar-refractivity contribution in [2.24, 2.45) is 0 Å². The van der Waals surface area contributed by atoms with E-state index in [-0.39, 0.29) is 5.56 Å². The predicted molar refractivity (Wildman–Crippen MR) is 95.6 cm³/mol. The fraction of sp³-hybridized carbons (Fsp3) is 0.111. The van der Waals surface area contributed by atoms with Crippen LogP contribution in [0.25, 0.3) is 6.08 Å². The topological polar surface area (TPSA) is 76.7 Å². The van der Waals surface area contributed by atoms with Crippen molar-refractivity contribution >= 4 is 29.5 Å². The maximum Gasteiger partial charge on any atom is 0.271 e. The Morgan fingerprint density at radius 1 is 1.00 bits per heavy atom. The van der Waals surface area contributed by atoms with Crippen LogP contribution in [0.15, 0.2) is 48.5 Å². The molecule has 2 aromatic carbocycles. The van der Waals surface area contributed by atoms with Gasteiger partial charge in [0, 0.05) is 6.08 Å². The number of hydrazine groups is 1. The number of methoxy groups -OCH3 is 2. The molecule has 2 rings (SSSR count). The minimum absolute atomic E-state index is 0.272. The number of benzene rings is 2. The second-order valence-corrected chi connectivity index (χ2v) is 5.28. The number of nitrogens with one attached hydrogen (secondary N) is 2. The van der Waals surface area contributed by atoms with Crippen LogP contribution in [0.1, 0.15) is 15.9 Å². The molecule has 0 saturated heterocycles. The summed E-state index contributed by atoms with van der Waals surface area (Å²) in [5.74, 6) is 0.154. The molecule has 7 heteroatoms. The van der Waals surface area contributed by atoms with E-state index in [1.807, 2.05) is 0 Å². The molecule has 25 heavy (non-hydrogen) atoms. The monoisotopic (exact) mass is 360 g/mol. The maximum absolute atomic E-state index is 11.9. The van der Waals surface area contributed by atoms with Gasteiger partial charge in [0.15, 0.2) is 11.5 Å². The van der Waals surface area contributed by atoms with E-state index in [4.69, 9.17) is 21.1 Å². The third kappa shape index (κ3) is 4.99. The van der Waals surface area contributed by atoms with E-state index in [0.717, 1.165) is 5.56 Å². The first kappa shape index (κ1) is 18.4. The fourth-order valence-electron chi connectivity index (χ4n) is 2.00. The molecule has 0 aliphatic heterocycles. The number of ether oxygens (including phenoxy) is 2. The average molecular weight is 361 g/mol. The molecule has 2 amide bonds. The van der Waals surface area contributed by atoms with Crippen LogP contribution in [-0.2, 0) is 4.79 Å². The molecule has 0 aliphatic carbocycles. The van der Waals surface area contributed by atoms with Crippen LogP contribution in [0, 0.1) is 0 Å². The minimum atomic E-state index is -0.501. The second kappa shape index (κ2) is 8.75. The summed E-state index contributed by atoms with van der Waals surface area (Å²) in [6.45, 7) is 0. The van der Waals surface area contributed by atoms with Gasteiger partial charge in [-0.2, -0.15) is 0 Å². The highest BCUT2D eigenvalue weighted by atomic mass is 35.5. The normalized spacial score (nSPS) is 10.4. The zero-order valence-corrected chi connectivity index (χ0v) is 14.5. The van der Waals surface area contributed by atoms with Crippen molar-refractivity contribution in [3.05, 3.63) is 64.7 Å². The van der Waals surface area contributed by atoms with E-state index in [2.05, 4.69) is 10.9 Å². The Hall–Kier alpha value is -2.99. The van der Waals surface area contributed by atoms with E-state index in [0.29, 0.717) is 16.5 Å². The number of halogens is 1. The summed E-state index contributed by atoms with van der Waals surface area (Å²) >= 11 is 5.92. The Balaban J connectivity index is 1.95. The van der Waals surface area contributed by atoms with Crippen LogP contribution < -0.4 is 20.3 Å². The molecule has 0 radical (unpaired) electrons. The molecule has 6 nitrogen and oxygen atoms in total. The first-order valence-corrected chi connectivity index (χ1v) is 7.68. The quantitative estimate of drug-likeness (QED) is 0.635. The van der Waals surface area contributed by atoms with Crippen molar-refractivity contribution in [2.75, 3.05) is 14.2 Å². The van der Waals surface area contributed by atoms with Gasteiger partial charge in [0.1, 0.15) is 0 Å². The van der Waals surface area contributed by atoms with Crippen LogP contribution in [0.2, 0.25) is 5.02 Å². The van der Waals surface area contributed by atoms with Crippen molar-refractivity contribution in [1.29, 1.82) is 0 Å². The molecule has 130 valence electrons. The van der Waals surface area contributed by atoms with Crippen LogP contribution >= 0.6 is 11.6 Å². The SMILES string of the molecule is COc1ccc(/C=C/C(=O)NNC(=O)c2ccccc2Cl)cc1OC. The summed E-state index contributed by atoms with van der Waals surface area (Å²) < 4.78 is 10.3. The molecular weight excluding hydrogens is 344 g/mol. The molecule has 0 heterocycles. The molecule has 2 N–H and O–H groups in total. The van der Waals surface area contributed by atoms with E-state index in [1.165, 1.54) is 13.2 Å². The first-order chi connectivity index (χ1) is 12.0. The Morgan fingerprint density at radius 2 is 1.72 bits per heavy atom. The van der Waals surface area contributed by atoms with Gasteiger partial charge in [-0.1, -0.05) is 29.8 Å². The fourth-order valence-corrected chi connectivity index (χ4v) is 2.22. The van der Waals surface area contributed by atoms with E-state index in [9.17, 15) is 9.59 Å². The van der Waals surface area contributed by atoms with E-state index in [1.54, 1.807) is 55.7 Å². The van der Waals surface area contributed by atoms with Crippen LogP contribution in [0.4, 0.5) is 0 Å². The third-order valence-electron chi connectivity index (χ3n) is 3.25. The van der Waals surface area contributed by atoms with Gasteiger partial charge in [0.25, 0.3) is 11.8 Å². The minimum Gasteiger partial charge on any atom is -0.493 e. The van der Waals surface area contributed by atoms with Crippen molar-refractivity contribution in [3.8, 4) is 11.5 Å². The summed E-state index contributed by atoms with van der Waals surface area (Å²) in [7, 11) is 3.07. The smallest absolute Gasteiger partial charge is 0.271 e. The number of carbonyl (C=O) groups is 2. The van der Waals surface area contributed by atoms with Crippen molar-refractivity contribution in [3.63, 3.8) is 0 Å². The van der Waals surface area contributed by atoms with Gasteiger partial charge in [0.05, 0.1) is 24.8 Å². The van der Waals surface area contributed by atoms with Crippen molar-refractivity contribution in [2.45, 2.75) is 0 Å². The van der Waals surface area contributed by atoms with Gasteiger partial charge in [-0.25, -0.2) is 0 Å². The van der Waals surface area contributed by atoms with Crippen LogP contribution in [0.5, 0.6) is 11.5 Å². The summed E-state index contributed by atoms with van der Waals surface area (Å²) in [4.78, 5) is 23.7. The standard InChI is InChI=1S/C18H17ClN2O4/c1-24-15-9-7-12(11-16(15)25-2)8-10-17(22)20-21-18(23)13-5-3-4-6-14(13)19/h3-11H,1-2H3,(H,20,22)(H,21,23)/b10-8+. The molecule has 0 saturated carbocycles. The Bertz CT molecular complexity index is 805. The largest absolute Gasteiger partial charge is 0.493 e. The first-order valence-electron chi connectivity index (χ1n) is 7.30. The highest BCUT2D eigenvalue weighted by Gasteiger charge is 2.09. The van der Waals surface area contributed by atoms with Crippen molar-refractivity contribution < 1.29 is 19.1 Å². The number of hydrogen-bond donors (Lipinski definition) is 2. The molecule has 0 fully saturated rings. The molecule has 0 spiro atoms. The molecule has 0 unspecified atom stereocenters. The van der Waals surface area contributed by atoms with Gasteiger partial charge >= 0.3 is 0 Å². The Kier molecular flexibility index (Phi) is 6.42. The summed E-state index contributed by atoms with van der Waals surface area (Å²) in [6, 6.07) is 11.8. The molecule has 0 bridgehead atoms. The second-order valence-electron chi connectivity index (χ2n) is 4.87. The lowest BCUT2D eigenvalue weighted by molar-refractivity contribution is -0.117. The zero-order valence-electron chi connectivity index (χ0n) is 13.7. The van der Waals surface area contributed by atoms with Gasteiger partial charge < -0.3 is 9.47 Å². The summed E-state index contributed by atoms with van der Waals surface area (Å²) in [5.41, 5.74) is 5.60. The zero-order chi connectivity index (χ0) is 18.2. The highest BCUT2D eigenvalue weighted by molar-refractivity contribution is 6.33. The predicted octanol–water partition coefficient (Wildman–Crippen LogP) is 2.83. The van der Waals surface area contributed by atoms with Crippen molar-refractivity contribution in [1.82, 2.24) is 10.9 Å². The van der Waals surface area contributed by atoms with Crippen LogP contribution in [0.3, 0.4) is 0 Å². The number of rotatable bonds is 5. The average Bonchev–Trinajstić information content (AvgIpc) is 2.64. The number of hydrogen-bond acceptors (Lipinski definition) is 4. The lowest BCUT2D eigenvalue weighted by atomic mass is 10.2. The number of amides is 2. The maximum atomic E-state index is 11.9. The lowest BCUT2D eigenvalue weighted by Crippen LogP contribution is -2.40. The van der Waals surface area contributed by atoms with E-state index >= 15 is 0 Å². The molecule has 0 atom stereocenters.